The zero-order valence-corrected chi connectivity index (χ0v) is 14.4. The lowest BCUT2D eigenvalue weighted by molar-refractivity contribution is -0.125. The summed E-state index contributed by atoms with van der Waals surface area (Å²) in [5, 5.41) is 13.7. The van der Waals surface area contributed by atoms with Gasteiger partial charge >= 0.3 is 0 Å². The molecule has 1 amide bonds. The second-order valence-electron chi connectivity index (χ2n) is 6.43. The number of carbonyl (C=O) groups excluding carboxylic acids is 1. The summed E-state index contributed by atoms with van der Waals surface area (Å²) < 4.78 is 14.8. The number of nitrogens with zero attached hydrogens (tertiary/aromatic N) is 3. The molecule has 3 rings (SSSR count). The molecular formula is C19H22FN3O2. The van der Waals surface area contributed by atoms with E-state index in [1.165, 1.54) is 12.1 Å². The van der Waals surface area contributed by atoms with Gasteiger partial charge in [-0.1, -0.05) is 0 Å². The highest BCUT2D eigenvalue weighted by molar-refractivity contribution is 5.92. The molecular weight excluding hydrogens is 321 g/mol. The van der Waals surface area contributed by atoms with E-state index in [1.807, 2.05) is 13.8 Å². The highest BCUT2D eigenvalue weighted by Gasteiger charge is 2.24. The highest BCUT2D eigenvalue weighted by Crippen LogP contribution is 2.20. The SMILES string of the molecule is Cc1nn(-c2ccc(F)cc2)c(C)c1/C=C/C(=O)N1CCC(CO)C1. The number of aliphatic hydroxyl groups is 1. The van der Waals surface area contributed by atoms with Gasteiger partial charge in [0.25, 0.3) is 0 Å². The zero-order valence-electron chi connectivity index (χ0n) is 14.4. The third-order valence-corrected chi connectivity index (χ3v) is 4.67. The minimum absolute atomic E-state index is 0.0516. The lowest BCUT2D eigenvalue weighted by Gasteiger charge is -2.13. The van der Waals surface area contributed by atoms with Gasteiger partial charge in [-0.3, -0.25) is 4.79 Å². The highest BCUT2D eigenvalue weighted by atomic mass is 19.1. The molecule has 5 nitrogen and oxygen atoms in total. The van der Waals surface area contributed by atoms with Crippen molar-refractivity contribution >= 4 is 12.0 Å². The van der Waals surface area contributed by atoms with E-state index in [0.717, 1.165) is 29.1 Å². The summed E-state index contributed by atoms with van der Waals surface area (Å²) in [7, 11) is 0. The van der Waals surface area contributed by atoms with Crippen molar-refractivity contribution in [2.24, 2.45) is 5.92 Å². The lowest BCUT2D eigenvalue weighted by Crippen LogP contribution is -2.27. The summed E-state index contributed by atoms with van der Waals surface area (Å²) in [6.45, 7) is 5.21. The Hall–Kier alpha value is -2.47. The van der Waals surface area contributed by atoms with E-state index in [0.29, 0.717) is 13.1 Å². The first-order chi connectivity index (χ1) is 12.0. The molecule has 25 heavy (non-hydrogen) atoms. The number of carbonyl (C=O) groups is 1. The van der Waals surface area contributed by atoms with Gasteiger partial charge in [-0.25, -0.2) is 9.07 Å². The van der Waals surface area contributed by atoms with Gasteiger partial charge in [-0.05, 0) is 50.6 Å². The Morgan fingerprint density at radius 2 is 2.08 bits per heavy atom. The van der Waals surface area contributed by atoms with E-state index in [2.05, 4.69) is 5.10 Å². The van der Waals surface area contributed by atoms with Crippen LogP contribution in [-0.2, 0) is 4.79 Å². The summed E-state index contributed by atoms with van der Waals surface area (Å²) in [5.41, 5.74) is 3.36. The molecule has 1 saturated heterocycles. The second kappa shape index (κ2) is 7.19. The molecule has 0 radical (unpaired) electrons. The third-order valence-electron chi connectivity index (χ3n) is 4.67. The Morgan fingerprint density at radius 1 is 1.36 bits per heavy atom. The largest absolute Gasteiger partial charge is 0.396 e. The minimum atomic E-state index is -0.289. The van der Waals surface area contributed by atoms with Gasteiger partial charge in [0.15, 0.2) is 0 Å². The topological polar surface area (TPSA) is 58.4 Å². The number of hydrogen-bond donors (Lipinski definition) is 1. The van der Waals surface area contributed by atoms with Crippen molar-refractivity contribution in [2.75, 3.05) is 19.7 Å². The predicted octanol–water partition coefficient (Wildman–Crippen LogP) is 2.48. The number of likely N-dealkylation sites (tertiary alicyclic amines) is 1. The van der Waals surface area contributed by atoms with Gasteiger partial charge < -0.3 is 10.0 Å². The molecule has 1 aliphatic heterocycles. The number of hydrogen-bond acceptors (Lipinski definition) is 3. The van der Waals surface area contributed by atoms with Crippen LogP contribution in [-0.4, -0.2) is 45.4 Å². The summed E-state index contributed by atoms with van der Waals surface area (Å²) in [6.07, 6.45) is 4.19. The number of aromatic nitrogens is 2. The van der Waals surface area contributed by atoms with Crippen LogP contribution in [0.5, 0.6) is 0 Å². The Balaban J connectivity index is 1.79. The van der Waals surface area contributed by atoms with Crippen LogP contribution in [0.15, 0.2) is 30.3 Å². The maximum Gasteiger partial charge on any atom is 0.246 e. The van der Waals surface area contributed by atoms with Gasteiger partial charge in [0, 0.05) is 42.9 Å². The first kappa shape index (κ1) is 17.4. The van der Waals surface area contributed by atoms with Crippen molar-refractivity contribution in [1.82, 2.24) is 14.7 Å². The van der Waals surface area contributed by atoms with E-state index in [1.54, 1.807) is 33.9 Å². The molecule has 1 N–H and O–H groups in total. The Bertz CT molecular complexity index is 796. The maximum absolute atomic E-state index is 13.1. The van der Waals surface area contributed by atoms with Crippen LogP contribution in [0.4, 0.5) is 4.39 Å². The van der Waals surface area contributed by atoms with Crippen LogP contribution in [0.3, 0.4) is 0 Å². The quantitative estimate of drug-likeness (QED) is 0.868. The first-order valence-corrected chi connectivity index (χ1v) is 8.39. The molecule has 2 aromatic rings. The molecule has 1 fully saturated rings. The lowest BCUT2D eigenvalue weighted by atomic mass is 10.1. The fraction of sp³-hybridized carbons (Fsp3) is 0.368. The molecule has 1 aromatic heterocycles. The third kappa shape index (κ3) is 3.64. The Morgan fingerprint density at radius 3 is 2.72 bits per heavy atom. The average molecular weight is 343 g/mol. The summed E-state index contributed by atoms with van der Waals surface area (Å²) >= 11 is 0. The number of amides is 1. The first-order valence-electron chi connectivity index (χ1n) is 8.39. The Labute approximate surface area is 146 Å². The summed E-state index contributed by atoms with van der Waals surface area (Å²) in [4.78, 5) is 14.1. The fourth-order valence-corrected chi connectivity index (χ4v) is 3.17. The van der Waals surface area contributed by atoms with E-state index >= 15 is 0 Å². The van der Waals surface area contributed by atoms with Crippen LogP contribution < -0.4 is 0 Å². The normalized spacial score (nSPS) is 17.6. The molecule has 6 heteroatoms. The summed E-state index contributed by atoms with van der Waals surface area (Å²) in [5.74, 6) is -0.158. The molecule has 0 aliphatic carbocycles. The standard InChI is InChI=1S/C19H22FN3O2/c1-13-18(7-8-19(25)22-10-9-15(11-22)12-24)14(2)23(21-13)17-5-3-16(20)4-6-17/h3-8,15,24H,9-12H2,1-2H3/b8-7+. The van der Waals surface area contributed by atoms with Crippen LogP contribution >= 0.6 is 0 Å². The van der Waals surface area contributed by atoms with Crippen molar-refractivity contribution in [3.05, 3.63) is 53.1 Å². The number of aliphatic hydroxyl groups excluding tert-OH is 1. The molecule has 1 aliphatic rings. The molecule has 0 spiro atoms. The van der Waals surface area contributed by atoms with Crippen molar-refractivity contribution in [2.45, 2.75) is 20.3 Å². The van der Waals surface area contributed by atoms with Crippen LogP contribution in [0.25, 0.3) is 11.8 Å². The van der Waals surface area contributed by atoms with E-state index < -0.39 is 0 Å². The van der Waals surface area contributed by atoms with Crippen molar-refractivity contribution in [3.8, 4) is 5.69 Å². The number of benzene rings is 1. The predicted molar refractivity (Wildman–Crippen MR) is 93.8 cm³/mol. The van der Waals surface area contributed by atoms with Gasteiger partial charge in [0.2, 0.25) is 5.91 Å². The molecule has 0 saturated carbocycles. The van der Waals surface area contributed by atoms with E-state index in [4.69, 9.17) is 0 Å². The molecule has 1 unspecified atom stereocenters. The Kier molecular flexibility index (Phi) is 4.99. The van der Waals surface area contributed by atoms with Gasteiger partial charge in [0.05, 0.1) is 11.4 Å². The van der Waals surface area contributed by atoms with Gasteiger partial charge in [-0.15, -0.1) is 0 Å². The zero-order chi connectivity index (χ0) is 18.0. The number of rotatable bonds is 4. The average Bonchev–Trinajstić information content (AvgIpc) is 3.19. The van der Waals surface area contributed by atoms with Gasteiger partial charge in [0.1, 0.15) is 5.82 Å². The monoisotopic (exact) mass is 343 g/mol. The van der Waals surface area contributed by atoms with E-state index in [-0.39, 0.29) is 24.2 Å². The second-order valence-corrected chi connectivity index (χ2v) is 6.43. The molecule has 1 aromatic carbocycles. The summed E-state index contributed by atoms with van der Waals surface area (Å²) in [6, 6.07) is 6.14. The van der Waals surface area contributed by atoms with E-state index in [9.17, 15) is 14.3 Å². The van der Waals surface area contributed by atoms with Crippen LogP contribution in [0.1, 0.15) is 23.4 Å². The van der Waals surface area contributed by atoms with Crippen molar-refractivity contribution in [1.29, 1.82) is 0 Å². The van der Waals surface area contributed by atoms with Crippen LogP contribution in [0, 0.1) is 25.6 Å². The molecule has 132 valence electrons. The van der Waals surface area contributed by atoms with Gasteiger partial charge in [-0.2, -0.15) is 5.10 Å². The molecule has 2 heterocycles. The van der Waals surface area contributed by atoms with Crippen molar-refractivity contribution in [3.63, 3.8) is 0 Å². The van der Waals surface area contributed by atoms with Crippen molar-refractivity contribution < 1.29 is 14.3 Å². The smallest absolute Gasteiger partial charge is 0.246 e. The maximum atomic E-state index is 13.1. The number of halogens is 1. The number of aryl methyl sites for hydroxylation is 1. The molecule has 1 atom stereocenters. The molecule has 0 bridgehead atoms. The fourth-order valence-electron chi connectivity index (χ4n) is 3.17. The van der Waals surface area contributed by atoms with Crippen LogP contribution in [0.2, 0.25) is 0 Å². The minimum Gasteiger partial charge on any atom is -0.396 e.